The van der Waals surface area contributed by atoms with Crippen molar-refractivity contribution in [1.82, 2.24) is 4.98 Å². The smallest absolute Gasteiger partial charge is 0.337 e. The molecule has 0 saturated heterocycles. The zero-order chi connectivity index (χ0) is 11.3. The van der Waals surface area contributed by atoms with Gasteiger partial charge in [0.1, 0.15) is 5.82 Å². The Morgan fingerprint density at radius 3 is 3.07 bits per heavy atom. The highest BCUT2D eigenvalue weighted by Gasteiger charge is 2.11. The van der Waals surface area contributed by atoms with Crippen molar-refractivity contribution in [2.75, 3.05) is 31.3 Å². The first-order valence-corrected chi connectivity index (χ1v) is 4.37. The van der Waals surface area contributed by atoms with Crippen molar-refractivity contribution in [3.8, 4) is 0 Å². The molecule has 0 aliphatic rings. The number of aromatic nitrogens is 1. The number of nitrogens with one attached hydrogen (secondary N) is 1. The Kier molecular flexibility index (Phi) is 3.87. The van der Waals surface area contributed by atoms with Crippen molar-refractivity contribution in [3.05, 3.63) is 17.8 Å². The van der Waals surface area contributed by atoms with Gasteiger partial charge in [-0.15, -0.1) is 0 Å². The molecule has 0 bridgehead atoms. The number of nitrogens with zero attached hydrogens (tertiary/aromatic N) is 1. The molecule has 1 rings (SSSR count). The molecule has 0 spiro atoms. The molecule has 82 valence electrons. The van der Waals surface area contributed by atoms with Crippen LogP contribution in [0, 0.1) is 0 Å². The fraction of sp³-hybridized carbons (Fsp3) is 0.333. The molecule has 0 aromatic carbocycles. The number of nitrogens with two attached hydrogens (primary N) is 1. The maximum Gasteiger partial charge on any atom is 0.337 e. The fourth-order valence-electron chi connectivity index (χ4n) is 1.07. The maximum atomic E-state index is 10.7. The molecule has 1 aromatic rings. The van der Waals surface area contributed by atoms with E-state index in [0.717, 1.165) is 0 Å². The summed E-state index contributed by atoms with van der Waals surface area (Å²) in [4.78, 5) is 14.7. The van der Waals surface area contributed by atoms with Crippen LogP contribution < -0.4 is 11.1 Å². The quantitative estimate of drug-likeness (QED) is 0.611. The van der Waals surface area contributed by atoms with E-state index >= 15 is 0 Å². The van der Waals surface area contributed by atoms with Gasteiger partial charge in [0, 0.05) is 19.9 Å². The van der Waals surface area contributed by atoms with E-state index in [-0.39, 0.29) is 11.3 Å². The zero-order valence-electron chi connectivity index (χ0n) is 8.36. The molecule has 6 nitrogen and oxygen atoms in total. The van der Waals surface area contributed by atoms with E-state index in [1.807, 2.05) is 0 Å². The summed E-state index contributed by atoms with van der Waals surface area (Å²) in [7, 11) is 1.58. The normalized spacial score (nSPS) is 9.93. The molecule has 0 fully saturated rings. The molecule has 0 saturated carbocycles. The highest BCUT2D eigenvalue weighted by atomic mass is 16.5. The zero-order valence-corrected chi connectivity index (χ0v) is 8.36. The lowest BCUT2D eigenvalue weighted by Crippen LogP contribution is -2.13. The van der Waals surface area contributed by atoms with E-state index in [1.54, 1.807) is 7.11 Å². The van der Waals surface area contributed by atoms with E-state index in [1.165, 1.54) is 12.3 Å². The number of rotatable bonds is 5. The van der Waals surface area contributed by atoms with Crippen LogP contribution in [0.5, 0.6) is 0 Å². The third-order valence-electron chi connectivity index (χ3n) is 1.82. The highest BCUT2D eigenvalue weighted by Crippen LogP contribution is 2.19. The molecule has 0 radical (unpaired) electrons. The van der Waals surface area contributed by atoms with Gasteiger partial charge in [0.25, 0.3) is 0 Å². The number of pyridine rings is 1. The molecule has 1 heterocycles. The van der Waals surface area contributed by atoms with E-state index < -0.39 is 5.97 Å². The highest BCUT2D eigenvalue weighted by molar-refractivity contribution is 5.96. The van der Waals surface area contributed by atoms with Crippen LogP contribution in [0.15, 0.2) is 12.3 Å². The van der Waals surface area contributed by atoms with Crippen LogP contribution in [-0.4, -0.2) is 36.3 Å². The second-order valence-corrected chi connectivity index (χ2v) is 2.85. The first-order valence-electron chi connectivity index (χ1n) is 4.37. The Labute approximate surface area is 87.1 Å². The van der Waals surface area contributed by atoms with Crippen molar-refractivity contribution < 1.29 is 14.6 Å². The van der Waals surface area contributed by atoms with Crippen molar-refractivity contribution in [2.24, 2.45) is 0 Å². The molecule has 0 aliphatic carbocycles. The Morgan fingerprint density at radius 2 is 2.47 bits per heavy atom. The number of hydrogen-bond acceptors (Lipinski definition) is 5. The van der Waals surface area contributed by atoms with Gasteiger partial charge in [0.05, 0.1) is 17.9 Å². The van der Waals surface area contributed by atoms with Gasteiger partial charge in [-0.25, -0.2) is 9.78 Å². The summed E-state index contributed by atoms with van der Waals surface area (Å²) in [6.07, 6.45) is 1.40. The fourth-order valence-corrected chi connectivity index (χ4v) is 1.07. The van der Waals surface area contributed by atoms with Gasteiger partial charge in [0.2, 0.25) is 0 Å². The van der Waals surface area contributed by atoms with Crippen molar-refractivity contribution in [1.29, 1.82) is 0 Å². The Hall–Kier alpha value is -1.82. The topological polar surface area (TPSA) is 97.5 Å². The predicted molar refractivity (Wildman–Crippen MR) is 56.0 cm³/mol. The number of carbonyl (C=O) groups is 1. The minimum atomic E-state index is -1.07. The number of ether oxygens (including phenoxy) is 1. The van der Waals surface area contributed by atoms with Gasteiger partial charge in [-0.3, -0.25) is 0 Å². The molecular formula is C9H13N3O3. The average molecular weight is 211 g/mol. The molecule has 0 atom stereocenters. The molecule has 0 aliphatic heterocycles. The van der Waals surface area contributed by atoms with Gasteiger partial charge in [-0.05, 0) is 6.07 Å². The SMILES string of the molecule is COCCNc1nccc(C(=O)O)c1N. The first kappa shape index (κ1) is 11.3. The molecule has 1 aromatic heterocycles. The van der Waals surface area contributed by atoms with E-state index in [2.05, 4.69) is 10.3 Å². The van der Waals surface area contributed by atoms with Crippen LogP contribution in [-0.2, 0) is 4.74 Å². The number of carboxylic acid groups (broad SMARTS) is 1. The third-order valence-corrected chi connectivity index (χ3v) is 1.82. The second kappa shape index (κ2) is 5.16. The maximum absolute atomic E-state index is 10.7. The van der Waals surface area contributed by atoms with Gasteiger partial charge < -0.3 is 20.9 Å². The summed E-state index contributed by atoms with van der Waals surface area (Å²) in [5, 5.41) is 11.7. The standard InChI is InChI=1S/C9H13N3O3/c1-15-5-4-12-8-7(10)6(9(13)14)2-3-11-8/h2-3H,4-5,10H2,1H3,(H,11,12)(H,13,14). The van der Waals surface area contributed by atoms with Crippen molar-refractivity contribution >= 4 is 17.5 Å². The summed E-state index contributed by atoms with van der Waals surface area (Å²) in [5.74, 6) is -0.698. The summed E-state index contributed by atoms with van der Waals surface area (Å²) >= 11 is 0. The van der Waals surface area contributed by atoms with Crippen molar-refractivity contribution in [3.63, 3.8) is 0 Å². The lowest BCUT2D eigenvalue weighted by Gasteiger charge is -2.09. The summed E-state index contributed by atoms with van der Waals surface area (Å²) in [6.45, 7) is 1.02. The molecule has 4 N–H and O–H groups in total. The predicted octanol–water partition coefficient (Wildman–Crippen LogP) is 0.420. The minimum Gasteiger partial charge on any atom is -0.478 e. The second-order valence-electron chi connectivity index (χ2n) is 2.85. The third kappa shape index (κ3) is 2.81. The number of methoxy groups -OCH3 is 1. The Morgan fingerprint density at radius 1 is 1.73 bits per heavy atom. The van der Waals surface area contributed by atoms with Crippen LogP contribution in [0.3, 0.4) is 0 Å². The average Bonchev–Trinajstić information content (AvgIpc) is 2.20. The van der Waals surface area contributed by atoms with E-state index in [4.69, 9.17) is 15.6 Å². The summed E-state index contributed by atoms with van der Waals surface area (Å²) < 4.78 is 4.83. The van der Waals surface area contributed by atoms with Crippen LogP contribution in [0.25, 0.3) is 0 Å². The summed E-state index contributed by atoms with van der Waals surface area (Å²) in [6, 6.07) is 1.36. The lowest BCUT2D eigenvalue weighted by molar-refractivity contribution is 0.0698. The molecule has 6 heteroatoms. The van der Waals surface area contributed by atoms with E-state index in [0.29, 0.717) is 19.0 Å². The van der Waals surface area contributed by atoms with Crippen LogP contribution in [0.1, 0.15) is 10.4 Å². The summed E-state index contributed by atoms with van der Waals surface area (Å²) in [5.41, 5.74) is 5.81. The number of hydrogen-bond donors (Lipinski definition) is 3. The largest absolute Gasteiger partial charge is 0.478 e. The van der Waals surface area contributed by atoms with Crippen LogP contribution in [0.4, 0.5) is 11.5 Å². The Balaban J connectivity index is 2.80. The van der Waals surface area contributed by atoms with E-state index in [9.17, 15) is 4.79 Å². The lowest BCUT2D eigenvalue weighted by atomic mass is 10.2. The Bertz CT molecular complexity index is 354. The molecular weight excluding hydrogens is 198 g/mol. The molecule has 0 amide bonds. The monoisotopic (exact) mass is 211 g/mol. The van der Waals surface area contributed by atoms with Gasteiger partial charge >= 0.3 is 5.97 Å². The number of nitrogen functional groups attached to an aromatic ring is 1. The van der Waals surface area contributed by atoms with Crippen LogP contribution >= 0.6 is 0 Å². The number of anilines is 2. The first-order chi connectivity index (χ1) is 7.16. The van der Waals surface area contributed by atoms with Crippen molar-refractivity contribution in [2.45, 2.75) is 0 Å². The minimum absolute atomic E-state index is 0.0462. The number of aromatic carboxylic acids is 1. The van der Waals surface area contributed by atoms with Gasteiger partial charge in [-0.1, -0.05) is 0 Å². The van der Waals surface area contributed by atoms with Gasteiger partial charge in [-0.2, -0.15) is 0 Å². The van der Waals surface area contributed by atoms with Crippen LogP contribution in [0.2, 0.25) is 0 Å². The van der Waals surface area contributed by atoms with Gasteiger partial charge in [0.15, 0.2) is 0 Å². The molecule has 15 heavy (non-hydrogen) atoms. The molecule has 0 unspecified atom stereocenters. The number of carboxylic acids is 1.